The van der Waals surface area contributed by atoms with Crippen LogP contribution in [0.5, 0.6) is 0 Å². The Balaban J connectivity index is 1.45. The lowest BCUT2D eigenvalue weighted by Gasteiger charge is -2.17. The van der Waals surface area contributed by atoms with Crippen LogP contribution in [0.3, 0.4) is 0 Å². The summed E-state index contributed by atoms with van der Waals surface area (Å²) < 4.78 is 3.69. The zero-order chi connectivity index (χ0) is 19.3. The highest BCUT2D eigenvalue weighted by Crippen LogP contribution is 2.14. The van der Waals surface area contributed by atoms with Gasteiger partial charge in [0.1, 0.15) is 5.69 Å². The molecular weight excluding hydrogens is 350 g/mol. The van der Waals surface area contributed by atoms with Gasteiger partial charge in [0.25, 0.3) is 5.91 Å². The lowest BCUT2D eigenvalue weighted by Crippen LogP contribution is -2.27. The summed E-state index contributed by atoms with van der Waals surface area (Å²) in [5, 5.41) is 4.41. The fraction of sp³-hybridized carbons (Fsp3) is 0.136. The molecule has 0 bridgehead atoms. The molecule has 1 amide bonds. The molecule has 0 aliphatic carbocycles. The summed E-state index contributed by atoms with van der Waals surface area (Å²) in [6.45, 7) is 1.19. The van der Waals surface area contributed by atoms with Crippen LogP contribution in [0.25, 0.3) is 5.69 Å². The minimum absolute atomic E-state index is 0.0860. The summed E-state index contributed by atoms with van der Waals surface area (Å²) in [6, 6.07) is 19.9. The lowest BCUT2D eigenvalue weighted by molar-refractivity contribution is 0.0777. The van der Waals surface area contributed by atoms with Gasteiger partial charge in [-0.05, 0) is 17.7 Å². The fourth-order valence-corrected chi connectivity index (χ4v) is 3.13. The van der Waals surface area contributed by atoms with Crippen LogP contribution in [0.4, 0.5) is 0 Å². The summed E-state index contributed by atoms with van der Waals surface area (Å²) >= 11 is 0. The summed E-state index contributed by atoms with van der Waals surface area (Å²) in [5.74, 6) is -0.0860. The second kappa shape index (κ2) is 7.92. The molecule has 0 fully saturated rings. The molecule has 2 aromatic heterocycles. The van der Waals surface area contributed by atoms with Crippen LogP contribution < -0.4 is 0 Å². The lowest BCUT2D eigenvalue weighted by atomic mass is 10.2. The highest BCUT2D eigenvalue weighted by Gasteiger charge is 2.18. The Bertz CT molecular complexity index is 1050. The van der Waals surface area contributed by atoms with E-state index in [4.69, 9.17) is 0 Å². The molecule has 4 aromatic rings. The molecule has 0 saturated carbocycles. The number of nitrogens with zero attached hydrogens (tertiary/aromatic N) is 5. The number of hydrogen-bond acceptors (Lipinski definition) is 3. The standard InChI is InChI=1S/C22H21N5O/c1-25(14-19-12-24-26(16-19)15-18-8-4-2-5-9-18)22(28)21-13-23-17-27(21)20-10-6-3-7-11-20/h2-13,16-17H,14-15H2,1H3. The van der Waals surface area contributed by atoms with Gasteiger partial charge in [-0.15, -0.1) is 0 Å². The van der Waals surface area contributed by atoms with Gasteiger partial charge in [-0.25, -0.2) is 4.98 Å². The third-order valence-corrected chi connectivity index (χ3v) is 4.53. The maximum atomic E-state index is 12.9. The number of hydrogen-bond donors (Lipinski definition) is 0. The predicted octanol–water partition coefficient (Wildman–Crippen LogP) is 3.39. The van der Waals surface area contributed by atoms with Crippen molar-refractivity contribution in [2.45, 2.75) is 13.1 Å². The quantitative estimate of drug-likeness (QED) is 0.522. The molecular formula is C22H21N5O. The van der Waals surface area contributed by atoms with E-state index < -0.39 is 0 Å². The molecule has 4 rings (SSSR count). The van der Waals surface area contributed by atoms with E-state index in [0.717, 1.165) is 11.3 Å². The van der Waals surface area contributed by atoms with Crippen LogP contribution in [0, 0.1) is 0 Å². The summed E-state index contributed by atoms with van der Waals surface area (Å²) in [4.78, 5) is 18.8. The van der Waals surface area contributed by atoms with Crippen molar-refractivity contribution in [3.05, 3.63) is 102 Å². The second-order valence-corrected chi connectivity index (χ2v) is 6.68. The number of carbonyl (C=O) groups is 1. The number of carbonyl (C=O) groups excluding carboxylic acids is 1. The molecule has 0 spiro atoms. The van der Waals surface area contributed by atoms with Gasteiger partial charge in [0.05, 0.1) is 25.3 Å². The second-order valence-electron chi connectivity index (χ2n) is 6.68. The average Bonchev–Trinajstić information content (AvgIpc) is 3.38. The Morgan fingerprint density at radius 3 is 2.43 bits per heavy atom. The molecule has 0 radical (unpaired) electrons. The number of aromatic nitrogens is 4. The van der Waals surface area contributed by atoms with Gasteiger partial charge in [-0.2, -0.15) is 5.10 Å². The normalized spacial score (nSPS) is 10.8. The van der Waals surface area contributed by atoms with Crippen LogP contribution in [0.1, 0.15) is 21.6 Å². The topological polar surface area (TPSA) is 56.0 Å². The molecule has 140 valence electrons. The fourth-order valence-electron chi connectivity index (χ4n) is 3.13. The van der Waals surface area contributed by atoms with Gasteiger partial charge in [0.2, 0.25) is 0 Å². The zero-order valence-corrected chi connectivity index (χ0v) is 15.6. The maximum Gasteiger partial charge on any atom is 0.272 e. The first-order chi connectivity index (χ1) is 13.7. The SMILES string of the molecule is CN(Cc1cnn(Cc2ccccc2)c1)C(=O)c1cncn1-c1ccccc1. The Hall–Kier alpha value is -3.67. The van der Waals surface area contributed by atoms with Crippen LogP contribution in [-0.4, -0.2) is 37.2 Å². The molecule has 6 nitrogen and oxygen atoms in total. The third-order valence-electron chi connectivity index (χ3n) is 4.53. The zero-order valence-electron chi connectivity index (χ0n) is 15.6. The Kier molecular flexibility index (Phi) is 5.01. The molecule has 0 unspecified atom stereocenters. The molecule has 0 N–H and O–H groups in total. The molecule has 2 aromatic carbocycles. The van der Waals surface area contributed by atoms with E-state index in [-0.39, 0.29) is 5.91 Å². The van der Waals surface area contributed by atoms with Crippen molar-refractivity contribution < 1.29 is 4.79 Å². The highest BCUT2D eigenvalue weighted by molar-refractivity contribution is 5.92. The van der Waals surface area contributed by atoms with E-state index in [1.165, 1.54) is 5.56 Å². The van der Waals surface area contributed by atoms with E-state index in [1.807, 2.05) is 59.4 Å². The average molecular weight is 371 g/mol. The minimum Gasteiger partial charge on any atom is -0.336 e. The van der Waals surface area contributed by atoms with Crippen molar-refractivity contribution in [1.29, 1.82) is 0 Å². The maximum absolute atomic E-state index is 12.9. The molecule has 2 heterocycles. The van der Waals surface area contributed by atoms with Gasteiger partial charge < -0.3 is 4.90 Å². The number of benzene rings is 2. The van der Waals surface area contributed by atoms with Gasteiger partial charge in [-0.1, -0.05) is 48.5 Å². The molecule has 6 heteroatoms. The van der Waals surface area contributed by atoms with Crippen LogP contribution in [0.2, 0.25) is 0 Å². The van der Waals surface area contributed by atoms with Crippen molar-refractivity contribution in [3.63, 3.8) is 0 Å². The smallest absolute Gasteiger partial charge is 0.272 e. The van der Waals surface area contributed by atoms with Crippen LogP contribution in [-0.2, 0) is 13.1 Å². The predicted molar refractivity (Wildman–Crippen MR) is 107 cm³/mol. The van der Waals surface area contributed by atoms with Gasteiger partial charge in [0, 0.05) is 31.0 Å². The van der Waals surface area contributed by atoms with E-state index >= 15 is 0 Å². The first kappa shape index (κ1) is 17.7. The largest absolute Gasteiger partial charge is 0.336 e. The van der Waals surface area contributed by atoms with Crippen molar-refractivity contribution >= 4 is 5.91 Å². The summed E-state index contributed by atoms with van der Waals surface area (Å²) in [5.41, 5.74) is 3.61. The van der Waals surface area contributed by atoms with Crippen LogP contribution in [0.15, 0.2) is 85.6 Å². The Labute approximate surface area is 163 Å². The van der Waals surface area contributed by atoms with Crippen molar-refractivity contribution in [2.24, 2.45) is 0 Å². The molecule has 0 aliphatic heterocycles. The van der Waals surface area contributed by atoms with E-state index in [9.17, 15) is 4.79 Å². The summed E-state index contributed by atoms with van der Waals surface area (Å²) in [7, 11) is 1.79. The van der Waals surface area contributed by atoms with E-state index in [1.54, 1.807) is 35.2 Å². The molecule has 28 heavy (non-hydrogen) atoms. The number of imidazole rings is 1. The first-order valence-electron chi connectivity index (χ1n) is 9.09. The van der Waals surface area contributed by atoms with Gasteiger partial charge >= 0.3 is 0 Å². The van der Waals surface area contributed by atoms with Crippen molar-refractivity contribution in [1.82, 2.24) is 24.2 Å². The van der Waals surface area contributed by atoms with E-state index in [2.05, 4.69) is 22.2 Å². The van der Waals surface area contributed by atoms with Gasteiger partial charge in [-0.3, -0.25) is 14.0 Å². The molecule has 0 saturated heterocycles. The van der Waals surface area contributed by atoms with Gasteiger partial charge in [0.15, 0.2) is 0 Å². The highest BCUT2D eigenvalue weighted by atomic mass is 16.2. The number of amides is 1. The van der Waals surface area contributed by atoms with Crippen molar-refractivity contribution in [3.8, 4) is 5.69 Å². The third kappa shape index (κ3) is 3.86. The first-order valence-corrected chi connectivity index (χ1v) is 9.09. The van der Waals surface area contributed by atoms with Crippen molar-refractivity contribution in [2.75, 3.05) is 7.05 Å². The Morgan fingerprint density at radius 2 is 1.68 bits per heavy atom. The number of rotatable bonds is 6. The Morgan fingerprint density at radius 1 is 0.964 bits per heavy atom. The van der Waals surface area contributed by atoms with Crippen LogP contribution >= 0.6 is 0 Å². The molecule has 0 aliphatic rings. The summed E-state index contributed by atoms with van der Waals surface area (Å²) in [6.07, 6.45) is 7.05. The van der Waals surface area contributed by atoms with E-state index in [0.29, 0.717) is 18.8 Å². The minimum atomic E-state index is -0.0860. The molecule has 0 atom stereocenters. The monoisotopic (exact) mass is 371 g/mol. The number of para-hydroxylation sites is 1.